The molecule has 68 valence electrons. The van der Waals surface area contributed by atoms with Crippen LogP contribution in [-0.2, 0) is 13.5 Å². The predicted octanol–water partition coefficient (Wildman–Crippen LogP) is 0.356. The smallest absolute Gasteiger partial charge is 0.151 e. The highest BCUT2D eigenvalue weighted by molar-refractivity contribution is 4.82. The number of nitrogens with zero attached hydrogens (tertiary/aromatic N) is 3. The summed E-state index contributed by atoms with van der Waals surface area (Å²) in [6.07, 6.45) is 2.63. The molecule has 0 unspecified atom stereocenters. The van der Waals surface area contributed by atoms with Gasteiger partial charge in [-0.15, -0.1) is 0 Å². The van der Waals surface area contributed by atoms with E-state index in [9.17, 15) is 0 Å². The Labute approximate surface area is 73.0 Å². The summed E-state index contributed by atoms with van der Waals surface area (Å²) in [6, 6.07) is 0.536. The molecule has 0 saturated carbocycles. The molecule has 4 nitrogen and oxygen atoms in total. The minimum Gasteiger partial charge on any atom is -0.314 e. The molecular formula is C8H16N4. The Morgan fingerprint density at radius 3 is 2.83 bits per heavy atom. The highest BCUT2D eigenvalue weighted by Gasteiger charge is 1.98. The van der Waals surface area contributed by atoms with Crippen molar-refractivity contribution in [3.8, 4) is 0 Å². The van der Waals surface area contributed by atoms with Gasteiger partial charge in [-0.05, 0) is 0 Å². The zero-order valence-electron chi connectivity index (χ0n) is 7.91. The van der Waals surface area contributed by atoms with Gasteiger partial charge in [0.25, 0.3) is 0 Å². The van der Waals surface area contributed by atoms with Crippen LogP contribution in [0.5, 0.6) is 0 Å². The molecule has 0 aromatic carbocycles. The van der Waals surface area contributed by atoms with Crippen molar-refractivity contribution < 1.29 is 0 Å². The van der Waals surface area contributed by atoms with E-state index in [1.165, 1.54) is 0 Å². The van der Waals surface area contributed by atoms with E-state index in [0.29, 0.717) is 6.04 Å². The van der Waals surface area contributed by atoms with Crippen molar-refractivity contribution in [1.82, 2.24) is 20.1 Å². The first kappa shape index (κ1) is 9.19. The van der Waals surface area contributed by atoms with Crippen molar-refractivity contribution in [2.75, 3.05) is 6.54 Å². The molecular weight excluding hydrogens is 152 g/mol. The molecule has 1 aromatic rings. The highest BCUT2D eigenvalue weighted by Crippen LogP contribution is 1.88. The molecule has 0 spiro atoms. The average Bonchev–Trinajstić information content (AvgIpc) is 2.35. The lowest BCUT2D eigenvalue weighted by molar-refractivity contribution is 0.581. The van der Waals surface area contributed by atoms with Crippen LogP contribution in [-0.4, -0.2) is 27.4 Å². The summed E-state index contributed by atoms with van der Waals surface area (Å²) in [7, 11) is 1.88. The molecule has 0 aliphatic heterocycles. The van der Waals surface area contributed by atoms with Crippen molar-refractivity contribution in [2.24, 2.45) is 7.05 Å². The van der Waals surface area contributed by atoms with Gasteiger partial charge < -0.3 is 5.32 Å². The first-order valence-corrected chi connectivity index (χ1v) is 4.26. The molecule has 0 saturated heterocycles. The zero-order valence-corrected chi connectivity index (χ0v) is 7.91. The first-order valence-electron chi connectivity index (χ1n) is 4.26. The van der Waals surface area contributed by atoms with E-state index in [1.54, 1.807) is 11.0 Å². The van der Waals surface area contributed by atoms with E-state index in [0.717, 1.165) is 18.8 Å². The summed E-state index contributed by atoms with van der Waals surface area (Å²) in [5, 5.41) is 7.49. The Morgan fingerprint density at radius 2 is 2.33 bits per heavy atom. The van der Waals surface area contributed by atoms with E-state index in [2.05, 4.69) is 29.2 Å². The second-order valence-corrected chi connectivity index (χ2v) is 3.19. The number of aryl methyl sites for hydroxylation is 1. The summed E-state index contributed by atoms with van der Waals surface area (Å²) in [4.78, 5) is 4.12. The lowest BCUT2D eigenvalue weighted by atomic mass is 10.3. The van der Waals surface area contributed by atoms with Crippen LogP contribution in [0.3, 0.4) is 0 Å². The summed E-state index contributed by atoms with van der Waals surface area (Å²) in [5.74, 6) is 0.908. The minimum atomic E-state index is 0.536. The molecule has 0 amide bonds. The SMILES string of the molecule is CC(C)NCCc1ncn(C)n1. The Kier molecular flexibility index (Phi) is 3.22. The van der Waals surface area contributed by atoms with Gasteiger partial charge in [-0.3, -0.25) is 4.68 Å². The van der Waals surface area contributed by atoms with Crippen LogP contribution in [0.25, 0.3) is 0 Å². The largest absolute Gasteiger partial charge is 0.314 e. The number of hydrogen-bond acceptors (Lipinski definition) is 3. The monoisotopic (exact) mass is 168 g/mol. The van der Waals surface area contributed by atoms with Crippen molar-refractivity contribution in [3.63, 3.8) is 0 Å². The normalized spacial score (nSPS) is 11.0. The van der Waals surface area contributed by atoms with Gasteiger partial charge in [0.1, 0.15) is 6.33 Å². The van der Waals surface area contributed by atoms with E-state index < -0.39 is 0 Å². The van der Waals surface area contributed by atoms with Crippen LogP contribution in [0.15, 0.2) is 6.33 Å². The van der Waals surface area contributed by atoms with Crippen LogP contribution < -0.4 is 5.32 Å². The van der Waals surface area contributed by atoms with E-state index >= 15 is 0 Å². The molecule has 0 aliphatic rings. The molecule has 0 radical (unpaired) electrons. The van der Waals surface area contributed by atoms with Gasteiger partial charge in [0, 0.05) is 26.1 Å². The second-order valence-electron chi connectivity index (χ2n) is 3.19. The lowest BCUT2D eigenvalue weighted by Gasteiger charge is -2.04. The third-order valence-corrected chi connectivity index (χ3v) is 1.55. The molecule has 0 atom stereocenters. The fraction of sp³-hybridized carbons (Fsp3) is 0.750. The summed E-state index contributed by atoms with van der Waals surface area (Å²) < 4.78 is 1.73. The molecule has 12 heavy (non-hydrogen) atoms. The Balaban J connectivity index is 2.24. The number of rotatable bonds is 4. The fourth-order valence-corrected chi connectivity index (χ4v) is 0.971. The third-order valence-electron chi connectivity index (χ3n) is 1.55. The van der Waals surface area contributed by atoms with Crippen molar-refractivity contribution in [1.29, 1.82) is 0 Å². The Hall–Kier alpha value is -0.900. The standard InChI is InChI=1S/C8H16N4/c1-7(2)9-5-4-8-10-6-12(3)11-8/h6-7,9H,4-5H2,1-3H3. The van der Waals surface area contributed by atoms with Crippen LogP contribution in [0.1, 0.15) is 19.7 Å². The van der Waals surface area contributed by atoms with Gasteiger partial charge >= 0.3 is 0 Å². The van der Waals surface area contributed by atoms with Crippen LogP contribution >= 0.6 is 0 Å². The molecule has 1 N–H and O–H groups in total. The van der Waals surface area contributed by atoms with Gasteiger partial charge in [-0.2, -0.15) is 5.10 Å². The van der Waals surface area contributed by atoms with Gasteiger partial charge in [0.2, 0.25) is 0 Å². The zero-order chi connectivity index (χ0) is 8.97. The van der Waals surface area contributed by atoms with E-state index in [4.69, 9.17) is 0 Å². The fourth-order valence-electron chi connectivity index (χ4n) is 0.971. The second kappa shape index (κ2) is 4.21. The topological polar surface area (TPSA) is 42.7 Å². The van der Waals surface area contributed by atoms with E-state index in [1.807, 2.05) is 7.05 Å². The lowest BCUT2D eigenvalue weighted by Crippen LogP contribution is -2.25. The third kappa shape index (κ3) is 3.00. The van der Waals surface area contributed by atoms with Crippen molar-refractivity contribution in [3.05, 3.63) is 12.2 Å². The molecule has 0 fully saturated rings. The van der Waals surface area contributed by atoms with Crippen molar-refractivity contribution >= 4 is 0 Å². The molecule has 4 heteroatoms. The van der Waals surface area contributed by atoms with Gasteiger partial charge in [0.15, 0.2) is 5.82 Å². The Morgan fingerprint density at radius 1 is 1.58 bits per heavy atom. The van der Waals surface area contributed by atoms with Gasteiger partial charge in [-0.1, -0.05) is 13.8 Å². The Bertz CT molecular complexity index is 229. The summed E-state index contributed by atoms with van der Waals surface area (Å²) >= 11 is 0. The molecule has 1 aromatic heterocycles. The predicted molar refractivity (Wildman–Crippen MR) is 47.8 cm³/mol. The number of aromatic nitrogens is 3. The molecule has 0 aliphatic carbocycles. The maximum absolute atomic E-state index is 4.17. The maximum Gasteiger partial charge on any atom is 0.151 e. The van der Waals surface area contributed by atoms with Crippen LogP contribution in [0.2, 0.25) is 0 Å². The van der Waals surface area contributed by atoms with Crippen LogP contribution in [0.4, 0.5) is 0 Å². The van der Waals surface area contributed by atoms with Crippen LogP contribution in [0, 0.1) is 0 Å². The van der Waals surface area contributed by atoms with E-state index in [-0.39, 0.29) is 0 Å². The summed E-state index contributed by atoms with van der Waals surface area (Å²) in [6.45, 7) is 5.21. The number of nitrogens with one attached hydrogen (secondary N) is 1. The average molecular weight is 168 g/mol. The van der Waals surface area contributed by atoms with Crippen molar-refractivity contribution in [2.45, 2.75) is 26.3 Å². The molecule has 1 heterocycles. The van der Waals surface area contributed by atoms with Gasteiger partial charge in [0.05, 0.1) is 0 Å². The quantitative estimate of drug-likeness (QED) is 0.705. The maximum atomic E-state index is 4.17. The summed E-state index contributed by atoms with van der Waals surface area (Å²) in [5.41, 5.74) is 0. The highest BCUT2D eigenvalue weighted by atomic mass is 15.3. The molecule has 1 rings (SSSR count). The minimum absolute atomic E-state index is 0.536. The molecule has 0 bridgehead atoms. The van der Waals surface area contributed by atoms with Gasteiger partial charge in [-0.25, -0.2) is 4.98 Å². The first-order chi connectivity index (χ1) is 5.68. The number of hydrogen-bond donors (Lipinski definition) is 1.